The number of ketones is 1. The van der Waals surface area contributed by atoms with E-state index in [1.165, 1.54) is 0 Å². The molecule has 0 aliphatic carbocycles. The van der Waals surface area contributed by atoms with E-state index in [1.807, 2.05) is 25.1 Å². The van der Waals surface area contributed by atoms with Crippen LogP contribution in [0.5, 0.6) is 5.75 Å². The molecular formula is C23H19N3O3. The van der Waals surface area contributed by atoms with Gasteiger partial charge in [0, 0.05) is 23.7 Å². The first kappa shape index (κ1) is 18.6. The van der Waals surface area contributed by atoms with E-state index in [4.69, 9.17) is 4.74 Å². The van der Waals surface area contributed by atoms with Crippen LogP contribution in [0.15, 0.2) is 71.8 Å². The zero-order valence-corrected chi connectivity index (χ0v) is 16.1. The Morgan fingerprint density at radius 3 is 2.59 bits per heavy atom. The second-order valence-corrected chi connectivity index (χ2v) is 6.70. The third-order valence-electron chi connectivity index (χ3n) is 4.71. The number of nitrogens with zero attached hydrogens (tertiary/aromatic N) is 3. The predicted molar refractivity (Wildman–Crippen MR) is 111 cm³/mol. The van der Waals surface area contributed by atoms with Crippen molar-refractivity contribution in [2.45, 2.75) is 13.5 Å². The summed E-state index contributed by atoms with van der Waals surface area (Å²) in [4.78, 5) is 35.0. The number of ether oxygens (including phenoxy) is 1. The van der Waals surface area contributed by atoms with Crippen LogP contribution < -0.4 is 10.2 Å². The molecule has 0 amide bonds. The number of pyridine rings is 3. The summed E-state index contributed by atoms with van der Waals surface area (Å²) in [6.07, 6.45) is 3.21. The molecule has 0 fully saturated rings. The highest BCUT2D eigenvalue weighted by molar-refractivity contribution is 6.10. The molecule has 0 spiro atoms. The molecule has 4 rings (SSSR count). The fraction of sp³-hybridized carbons (Fsp3) is 0.130. The number of carbonyl (C=O) groups excluding carboxylic acids is 1. The molecule has 1 aromatic carbocycles. The maximum absolute atomic E-state index is 13.1. The van der Waals surface area contributed by atoms with Crippen molar-refractivity contribution in [3.63, 3.8) is 0 Å². The van der Waals surface area contributed by atoms with Crippen molar-refractivity contribution >= 4 is 16.8 Å². The van der Waals surface area contributed by atoms with Crippen LogP contribution >= 0.6 is 0 Å². The average molecular weight is 385 g/mol. The Morgan fingerprint density at radius 2 is 1.86 bits per heavy atom. The maximum Gasteiger partial charge on any atom is 0.202 e. The number of fused-ring (bicyclic) bond motifs is 1. The molecule has 6 nitrogen and oxygen atoms in total. The van der Waals surface area contributed by atoms with E-state index in [-0.39, 0.29) is 16.8 Å². The SMILES string of the molecule is COc1ccc(C(=O)c2cn(Cc3cccc(C)n3)c3ncccc3c2=O)cc1. The molecule has 6 heteroatoms. The molecule has 0 aliphatic heterocycles. The quantitative estimate of drug-likeness (QED) is 0.492. The van der Waals surface area contributed by atoms with E-state index in [1.54, 1.807) is 60.5 Å². The van der Waals surface area contributed by atoms with Crippen LogP contribution in [0.1, 0.15) is 27.3 Å². The molecule has 3 aromatic heterocycles. The van der Waals surface area contributed by atoms with Crippen molar-refractivity contribution in [1.82, 2.24) is 14.5 Å². The monoisotopic (exact) mass is 385 g/mol. The van der Waals surface area contributed by atoms with E-state index in [0.717, 1.165) is 11.4 Å². The minimum Gasteiger partial charge on any atom is -0.497 e. The highest BCUT2D eigenvalue weighted by Crippen LogP contribution is 2.17. The molecule has 4 aromatic rings. The Morgan fingerprint density at radius 1 is 1.07 bits per heavy atom. The van der Waals surface area contributed by atoms with Gasteiger partial charge in [-0.25, -0.2) is 4.98 Å². The molecule has 0 atom stereocenters. The lowest BCUT2D eigenvalue weighted by molar-refractivity contribution is 0.103. The summed E-state index contributed by atoms with van der Waals surface area (Å²) >= 11 is 0. The molecule has 144 valence electrons. The zero-order chi connectivity index (χ0) is 20.4. The van der Waals surface area contributed by atoms with Gasteiger partial charge in [0.25, 0.3) is 0 Å². The third-order valence-corrected chi connectivity index (χ3v) is 4.71. The molecule has 0 unspecified atom stereocenters. The third kappa shape index (κ3) is 3.65. The number of methoxy groups -OCH3 is 1. The van der Waals surface area contributed by atoms with E-state index in [9.17, 15) is 9.59 Å². The second-order valence-electron chi connectivity index (χ2n) is 6.70. The largest absolute Gasteiger partial charge is 0.497 e. The van der Waals surface area contributed by atoms with Gasteiger partial charge in [0.15, 0.2) is 5.78 Å². The van der Waals surface area contributed by atoms with Gasteiger partial charge in [-0.05, 0) is 55.5 Å². The minimum absolute atomic E-state index is 0.100. The highest BCUT2D eigenvalue weighted by Gasteiger charge is 2.18. The van der Waals surface area contributed by atoms with E-state index in [2.05, 4.69) is 9.97 Å². The van der Waals surface area contributed by atoms with Crippen molar-refractivity contribution in [1.29, 1.82) is 0 Å². The highest BCUT2D eigenvalue weighted by atomic mass is 16.5. The fourth-order valence-corrected chi connectivity index (χ4v) is 3.27. The van der Waals surface area contributed by atoms with Gasteiger partial charge in [-0.2, -0.15) is 0 Å². The molecule has 0 bridgehead atoms. The minimum atomic E-state index is -0.339. The van der Waals surface area contributed by atoms with Gasteiger partial charge in [-0.1, -0.05) is 6.07 Å². The summed E-state index contributed by atoms with van der Waals surface area (Å²) in [5.74, 6) is 0.307. The number of aromatic nitrogens is 3. The first-order valence-electron chi connectivity index (χ1n) is 9.16. The van der Waals surface area contributed by atoms with E-state index < -0.39 is 0 Å². The summed E-state index contributed by atoms with van der Waals surface area (Å²) in [6.45, 7) is 2.32. The van der Waals surface area contributed by atoms with Crippen LogP contribution in [-0.2, 0) is 6.54 Å². The number of carbonyl (C=O) groups is 1. The van der Waals surface area contributed by atoms with Gasteiger partial charge in [-0.3, -0.25) is 14.6 Å². The Kier molecular flexibility index (Phi) is 4.91. The summed E-state index contributed by atoms with van der Waals surface area (Å²) in [5, 5.41) is 0.402. The lowest BCUT2D eigenvalue weighted by Crippen LogP contribution is -2.21. The predicted octanol–water partition coefficient (Wildman–Crippen LogP) is 3.39. The van der Waals surface area contributed by atoms with Gasteiger partial charge in [0.05, 0.1) is 30.3 Å². The van der Waals surface area contributed by atoms with Gasteiger partial charge in [-0.15, -0.1) is 0 Å². The number of hydrogen-bond donors (Lipinski definition) is 0. The normalized spacial score (nSPS) is 10.8. The molecular weight excluding hydrogens is 366 g/mol. The molecule has 29 heavy (non-hydrogen) atoms. The van der Waals surface area contributed by atoms with Crippen molar-refractivity contribution in [2.24, 2.45) is 0 Å². The maximum atomic E-state index is 13.1. The molecule has 0 radical (unpaired) electrons. The van der Waals surface area contributed by atoms with Gasteiger partial charge in [0.2, 0.25) is 5.43 Å². The standard InChI is InChI=1S/C23H19N3O3/c1-15-5-3-6-17(25-15)13-26-14-20(22(28)19-7-4-12-24-23(19)26)21(27)16-8-10-18(29-2)11-9-16/h3-12,14H,13H2,1-2H3. The zero-order valence-electron chi connectivity index (χ0n) is 16.1. The summed E-state index contributed by atoms with van der Waals surface area (Å²) in [7, 11) is 1.56. The molecule has 3 heterocycles. The number of rotatable bonds is 5. The van der Waals surface area contributed by atoms with Crippen LogP contribution in [0.25, 0.3) is 11.0 Å². The first-order valence-corrected chi connectivity index (χ1v) is 9.16. The van der Waals surface area contributed by atoms with Crippen LogP contribution in [0.4, 0.5) is 0 Å². The molecule has 0 N–H and O–H groups in total. The smallest absolute Gasteiger partial charge is 0.202 e. The molecule has 0 aliphatic rings. The second kappa shape index (κ2) is 7.67. The lowest BCUT2D eigenvalue weighted by atomic mass is 10.0. The topological polar surface area (TPSA) is 74.1 Å². The van der Waals surface area contributed by atoms with Crippen molar-refractivity contribution in [3.05, 3.63) is 99.7 Å². The Hall–Kier alpha value is -3.80. The lowest BCUT2D eigenvalue weighted by Gasteiger charge is -2.12. The van der Waals surface area contributed by atoms with E-state index in [0.29, 0.717) is 28.9 Å². The fourth-order valence-electron chi connectivity index (χ4n) is 3.27. The van der Waals surface area contributed by atoms with E-state index >= 15 is 0 Å². The van der Waals surface area contributed by atoms with Gasteiger partial charge in [0.1, 0.15) is 11.4 Å². The Bertz CT molecular complexity index is 1260. The Balaban J connectivity index is 1.84. The summed E-state index contributed by atoms with van der Waals surface area (Å²) in [6, 6.07) is 15.8. The number of aryl methyl sites for hydroxylation is 1. The molecule has 0 saturated heterocycles. The van der Waals surface area contributed by atoms with Crippen LogP contribution in [-0.4, -0.2) is 27.4 Å². The Labute approximate surface area is 167 Å². The average Bonchev–Trinajstić information content (AvgIpc) is 2.75. The van der Waals surface area contributed by atoms with Crippen LogP contribution in [0.2, 0.25) is 0 Å². The van der Waals surface area contributed by atoms with Crippen molar-refractivity contribution in [3.8, 4) is 5.75 Å². The van der Waals surface area contributed by atoms with Crippen LogP contribution in [0.3, 0.4) is 0 Å². The van der Waals surface area contributed by atoms with Crippen LogP contribution in [0, 0.1) is 6.92 Å². The molecule has 0 saturated carbocycles. The van der Waals surface area contributed by atoms with Gasteiger partial charge >= 0.3 is 0 Å². The van der Waals surface area contributed by atoms with Gasteiger partial charge < -0.3 is 9.30 Å². The summed E-state index contributed by atoms with van der Waals surface area (Å²) < 4.78 is 6.94. The summed E-state index contributed by atoms with van der Waals surface area (Å²) in [5.41, 5.74) is 2.43. The number of hydrogen-bond acceptors (Lipinski definition) is 5. The van der Waals surface area contributed by atoms with Crippen molar-refractivity contribution < 1.29 is 9.53 Å². The number of benzene rings is 1. The van der Waals surface area contributed by atoms with Crippen molar-refractivity contribution in [2.75, 3.05) is 7.11 Å². The first-order chi connectivity index (χ1) is 14.1.